The standard InChI is InChI=1S/C23H25N3O4S/c1-4-5-15-12-16(13-19(28-2)21(15)29-3)22(27)24-17-6-7-18-20(14-17)31-23(25-18)26-8-10-30-11-9-26/h4-7,12-14H,8-11H2,1-3H3,(H,24,27)/b5-4+. The molecule has 7 nitrogen and oxygen atoms in total. The Bertz CT molecular complexity index is 1120. The summed E-state index contributed by atoms with van der Waals surface area (Å²) in [5.41, 5.74) is 2.91. The van der Waals surface area contributed by atoms with Crippen molar-refractivity contribution in [2.75, 3.05) is 50.7 Å². The largest absolute Gasteiger partial charge is 0.493 e. The van der Waals surface area contributed by atoms with Gasteiger partial charge in [0.05, 0.1) is 37.6 Å². The van der Waals surface area contributed by atoms with Gasteiger partial charge in [0.2, 0.25) is 0 Å². The van der Waals surface area contributed by atoms with Crippen LogP contribution in [0.15, 0.2) is 36.4 Å². The number of thiazole rings is 1. The zero-order valence-electron chi connectivity index (χ0n) is 17.8. The summed E-state index contributed by atoms with van der Waals surface area (Å²) in [6.45, 7) is 5.04. The molecule has 1 aliphatic rings. The van der Waals surface area contributed by atoms with E-state index < -0.39 is 0 Å². The van der Waals surface area contributed by atoms with Gasteiger partial charge in [0.15, 0.2) is 16.6 Å². The number of nitrogens with zero attached hydrogens (tertiary/aromatic N) is 2. The second kappa shape index (κ2) is 9.36. The Hall–Kier alpha value is -3.10. The lowest BCUT2D eigenvalue weighted by Gasteiger charge is -2.25. The summed E-state index contributed by atoms with van der Waals surface area (Å²) in [5, 5.41) is 3.97. The fourth-order valence-electron chi connectivity index (χ4n) is 3.51. The molecule has 2 heterocycles. The highest BCUT2D eigenvalue weighted by atomic mass is 32.1. The number of ether oxygens (including phenoxy) is 3. The number of benzene rings is 2. The number of carbonyl (C=O) groups excluding carboxylic acids is 1. The molecule has 1 fully saturated rings. The highest BCUT2D eigenvalue weighted by Gasteiger charge is 2.17. The van der Waals surface area contributed by atoms with Crippen molar-refractivity contribution in [2.45, 2.75) is 6.92 Å². The first-order valence-corrected chi connectivity index (χ1v) is 10.9. The molecular formula is C23H25N3O4S. The van der Waals surface area contributed by atoms with E-state index in [0.29, 0.717) is 17.1 Å². The van der Waals surface area contributed by atoms with Crippen LogP contribution in [0.2, 0.25) is 0 Å². The maximum Gasteiger partial charge on any atom is 0.255 e. The van der Waals surface area contributed by atoms with Crippen LogP contribution in [0.5, 0.6) is 11.5 Å². The van der Waals surface area contributed by atoms with Crippen LogP contribution in [0.3, 0.4) is 0 Å². The summed E-state index contributed by atoms with van der Waals surface area (Å²) in [7, 11) is 3.14. The van der Waals surface area contributed by atoms with Crippen molar-refractivity contribution in [2.24, 2.45) is 0 Å². The molecule has 1 amide bonds. The molecule has 31 heavy (non-hydrogen) atoms. The lowest BCUT2D eigenvalue weighted by atomic mass is 10.1. The van der Waals surface area contributed by atoms with Gasteiger partial charge in [0.1, 0.15) is 0 Å². The minimum Gasteiger partial charge on any atom is -0.493 e. The third-order valence-electron chi connectivity index (χ3n) is 5.03. The Morgan fingerprint density at radius 3 is 2.71 bits per heavy atom. The monoisotopic (exact) mass is 439 g/mol. The van der Waals surface area contributed by atoms with Gasteiger partial charge in [0, 0.05) is 29.9 Å². The van der Waals surface area contributed by atoms with E-state index in [1.54, 1.807) is 37.7 Å². The van der Waals surface area contributed by atoms with Crippen molar-refractivity contribution in [3.05, 3.63) is 47.5 Å². The maximum atomic E-state index is 13.0. The van der Waals surface area contributed by atoms with Gasteiger partial charge in [-0.05, 0) is 37.3 Å². The van der Waals surface area contributed by atoms with Crippen molar-refractivity contribution < 1.29 is 19.0 Å². The molecule has 1 aliphatic heterocycles. The summed E-state index contributed by atoms with van der Waals surface area (Å²) in [6.07, 6.45) is 3.78. The van der Waals surface area contributed by atoms with Crippen molar-refractivity contribution in [1.29, 1.82) is 0 Å². The van der Waals surface area contributed by atoms with Crippen LogP contribution in [0.25, 0.3) is 16.3 Å². The van der Waals surface area contributed by atoms with E-state index in [-0.39, 0.29) is 5.91 Å². The van der Waals surface area contributed by atoms with Gasteiger partial charge < -0.3 is 24.4 Å². The number of anilines is 2. The Morgan fingerprint density at radius 1 is 1.19 bits per heavy atom. The summed E-state index contributed by atoms with van der Waals surface area (Å²) >= 11 is 1.62. The van der Waals surface area contributed by atoms with E-state index in [2.05, 4.69) is 10.2 Å². The predicted molar refractivity (Wildman–Crippen MR) is 125 cm³/mol. The summed E-state index contributed by atoms with van der Waals surface area (Å²) < 4.78 is 17.3. The normalized spacial score (nSPS) is 14.2. The number of fused-ring (bicyclic) bond motifs is 1. The van der Waals surface area contributed by atoms with Crippen molar-refractivity contribution in [1.82, 2.24) is 4.98 Å². The van der Waals surface area contributed by atoms with Crippen LogP contribution in [0.1, 0.15) is 22.8 Å². The Morgan fingerprint density at radius 2 is 2.00 bits per heavy atom. The number of morpholine rings is 1. The number of allylic oxidation sites excluding steroid dienone is 1. The highest BCUT2D eigenvalue weighted by Crippen LogP contribution is 2.34. The molecule has 8 heteroatoms. The number of methoxy groups -OCH3 is 2. The van der Waals surface area contributed by atoms with E-state index in [1.807, 2.05) is 37.3 Å². The van der Waals surface area contributed by atoms with Gasteiger partial charge >= 0.3 is 0 Å². The Kier molecular flexibility index (Phi) is 6.39. The van der Waals surface area contributed by atoms with Gasteiger partial charge in [-0.2, -0.15) is 0 Å². The molecule has 0 saturated carbocycles. The molecule has 0 aliphatic carbocycles. The average Bonchev–Trinajstić information content (AvgIpc) is 3.22. The number of aromatic nitrogens is 1. The maximum absolute atomic E-state index is 13.0. The van der Waals surface area contributed by atoms with Crippen molar-refractivity contribution in [3.63, 3.8) is 0 Å². The zero-order valence-corrected chi connectivity index (χ0v) is 18.6. The molecule has 4 rings (SSSR count). The zero-order chi connectivity index (χ0) is 21.8. The molecule has 1 N–H and O–H groups in total. The molecule has 0 atom stereocenters. The quantitative estimate of drug-likeness (QED) is 0.612. The van der Waals surface area contributed by atoms with Gasteiger partial charge in [-0.1, -0.05) is 23.5 Å². The third-order valence-corrected chi connectivity index (χ3v) is 6.11. The van der Waals surface area contributed by atoms with E-state index in [9.17, 15) is 4.79 Å². The Balaban J connectivity index is 1.58. The number of amides is 1. The molecule has 3 aromatic rings. The first-order valence-electron chi connectivity index (χ1n) is 10.1. The van der Waals surface area contributed by atoms with Crippen molar-refractivity contribution in [3.8, 4) is 11.5 Å². The minimum absolute atomic E-state index is 0.219. The smallest absolute Gasteiger partial charge is 0.255 e. The number of carbonyl (C=O) groups is 1. The van der Waals surface area contributed by atoms with Crippen LogP contribution in [0.4, 0.5) is 10.8 Å². The number of hydrogen-bond acceptors (Lipinski definition) is 7. The molecule has 0 spiro atoms. The van der Waals surface area contributed by atoms with Crippen LogP contribution in [-0.4, -0.2) is 51.4 Å². The van der Waals surface area contributed by atoms with Gasteiger partial charge in [0.25, 0.3) is 5.91 Å². The van der Waals surface area contributed by atoms with Crippen molar-refractivity contribution >= 4 is 44.4 Å². The number of hydrogen-bond donors (Lipinski definition) is 1. The lowest BCUT2D eigenvalue weighted by molar-refractivity contribution is 0.102. The van der Waals surface area contributed by atoms with E-state index in [4.69, 9.17) is 19.2 Å². The van der Waals surface area contributed by atoms with Gasteiger partial charge in [-0.25, -0.2) is 4.98 Å². The molecular weight excluding hydrogens is 414 g/mol. The first kappa shape index (κ1) is 21.1. The summed E-state index contributed by atoms with van der Waals surface area (Å²) in [6, 6.07) is 9.24. The molecule has 2 aromatic carbocycles. The SMILES string of the molecule is C/C=C/c1cc(C(=O)Nc2ccc3nc(N4CCOCC4)sc3c2)cc(OC)c1OC. The number of rotatable bonds is 6. The second-order valence-electron chi connectivity index (χ2n) is 7.03. The predicted octanol–water partition coefficient (Wildman–Crippen LogP) is 4.44. The van der Waals surface area contributed by atoms with Crippen LogP contribution < -0.4 is 19.7 Å². The number of nitrogens with one attached hydrogen (secondary N) is 1. The highest BCUT2D eigenvalue weighted by molar-refractivity contribution is 7.22. The van der Waals surface area contributed by atoms with E-state index >= 15 is 0 Å². The lowest BCUT2D eigenvalue weighted by Crippen LogP contribution is -2.36. The fourth-order valence-corrected chi connectivity index (χ4v) is 4.57. The van der Waals surface area contributed by atoms with E-state index in [0.717, 1.165) is 52.9 Å². The Labute approximate surface area is 185 Å². The molecule has 0 bridgehead atoms. The van der Waals surface area contributed by atoms with E-state index in [1.165, 1.54) is 0 Å². The summed E-state index contributed by atoms with van der Waals surface area (Å²) in [5.74, 6) is 0.888. The second-order valence-corrected chi connectivity index (χ2v) is 8.04. The van der Waals surface area contributed by atoms with Crippen LogP contribution in [0, 0.1) is 0 Å². The fraction of sp³-hybridized carbons (Fsp3) is 0.304. The third kappa shape index (κ3) is 4.50. The summed E-state index contributed by atoms with van der Waals surface area (Å²) in [4.78, 5) is 19.9. The molecule has 1 aromatic heterocycles. The molecule has 0 radical (unpaired) electrons. The van der Waals surface area contributed by atoms with Gasteiger partial charge in [-0.3, -0.25) is 4.79 Å². The molecule has 1 saturated heterocycles. The van der Waals surface area contributed by atoms with Crippen LogP contribution in [-0.2, 0) is 4.74 Å². The van der Waals surface area contributed by atoms with Gasteiger partial charge in [-0.15, -0.1) is 0 Å². The topological polar surface area (TPSA) is 72.9 Å². The minimum atomic E-state index is -0.219. The van der Waals surface area contributed by atoms with Crippen LogP contribution >= 0.6 is 11.3 Å². The molecule has 162 valence electrons. The average molecular weight is 440 g/mol. The molecule has 0 unspecified atom stereocenters. The first-order chi connectivity index (χ1) is 15.1.